The molecule has 2 nitrogen and oxygen atoms in total. The van der Waals surface area contributed by atoms with Crippen molar-refractivity contribution in [3.05, 3.63) is 76.3 Å². The van der Waals surface area contributed by atoms with E-state index < -0.39 is 0 Å². The van der Waals surface area contributed by atoms with E-state index in [0.29, 0.717) is 10.9 Å². The molecule has 0 fully saturated rings. The third-order valence-corrected chi connectivity index (χ3v) is 5.20. The SMILES string of the molecule is COc1cc2c(cc1Cl)CCNCC2c1cccc2ccccc12. The van der Waals surface area contributed by atoms with Crippen molar-refractivity contribution in [2.45, 2.75) is 12.3 Å². The van der Waals surface area contributed by atoms with Crippen molar-refractivity contribution in [1.29, 1.82) is 0 Å². The van der Waals surface area contributed by atoms with Crippen LogP contribution in [0.2, 0.25) is 5.02 Å². The van der Waals surface area contributed by atoms with E-state index in [-0.39, 0.29) is 0 Å². The summed E-state index contributed by atoms with van der Waals surface area (Å²) in [6.45, 7) is 1.89. The molecule has 0 spiro atoms. The van der Waals surface area contributed by atoms with Crippen molar-refractivity contribution in [2.24, 2.45) is 0 Å². The predicted octanol–water partition coefficient (Wildman–Crippen LogP) is 4.78. The van der Waals surface area contributed by atoms with Crippen molar-refractivity contribution in [3.8, 4) is 5.75 Å². The van der Waals surface area contributed by atoms with E-state index in [2.05, 4.69) is 59.9 Å². The summed E-state index contributed by atoms with van der Waals surface area (Å²) in [7, 11) is 1.68. The first-order valence-corrected chi connectivity index (χ1v) is 8.70. The van der Waals surface area contributed by atoms with Gasteiger partial charge < -0.3 is 10.1 Å². The van der Waals surface area contributed by atoms with Gasteiger partial charge in [-0.05, 0) is 52.6 Å². The molecule has 0 amide bonds. The molecule has 0 aliphatic carbocycles. The zero-order chi connectivity index (χ0) is 16.5. The van der Waals surface area contributed by atoms with Gasteiger partial charge in [-0.25, -0.2) is 0 Å². The van der Waals surface area contributed by atoms with Crippen LogP contribution in [0.5, 0.6) is 5.75 Å². The van der Waals surface area contributed by atoms with E-state index in [1.165, 1.54) is 27.5 Å². The summed E-state index contributed by atoms with van der Waals surface area (Å²) in [5.74, 6) is 1.04. The maximum absolute atomic E-state index is 6.36. The van der Waals surface area contributed by atoms with Gasteiger partial charge in [-0.3, -0.25) is 0 Å². The van der Waals surface area contributed by atoms with E-state index >= 15 is 0 Å². The summed E-state index contributed by atoms with van der Waals surface area (Å²) >= 11 is 6.36. The Kier molecular flexibility index (Phi) is 4.17. The van der Waals surface area contributed by atoms with E-state index in [1.807, 2.05) is 0 Å². The van der Waals surface area contributed by atoms with Gasteiger partial charge in [0.25, 0.3) is 0 Å². The molecule has 0 radical (unpaired) electrons. The highest BCUT2D eigenvalue weighted by molar-refractivity contribution is 6.32. The second-order valence-electron chi connectivity index (χ2n) is 6.26. The molecular formula is C21H20ClNO. The molecule has 1 aliphatic heterocycles. The minimum atomic E-state index is 0.291. The predicted molar refractivity (Wildman–Crippen MR) is 100 cm³/mol. The van der Waals surface area contributed by atoms with Gasteiger partial charge in [0.1, 0.15) is 5.75 Å². The van der Waals surface area contributed by atoms with Crippen LogP contribution in [-0.4, -0.2) is 20.2 Å². The van der Waals surface area contributed by atoms with Gasteiger partial charge in [0.15, 0.2) is 0 Å². The zero-order valence-corrected chi connectivity index (χ0v) is 14.4. The second-order valence-corrected chi connectivity index (χ2v) is 6.67. The van der Waals surface area contributed by atoms with Crippen LogP contribution in [-0.2, 0) is 6.42 Å². The van der Waals surface area contributed by atoms with E-state index in [1.54, 1.807) is 7.11 Å². The molecule has 1 unspecified atom stereocenters. The lowest BCUT2D eigenvalue weighted by molar-refractivity contribution is 0.414. The number of halogens is 1. The molecular weight excluding hydrogens is 318 g/mol. The van der Waals surface area contributed by atoms with Crippen LogP contribution in [0.1, 0.15) is 22.6 Å². The normalized spacial score (nSPS) is 17.3. The third-order valence-electron chi connectivity index (χ3n) is 4.91. The van der Waals surface area contributed by atoms with E-state index in [4.69, 9.17) is 16.3 Å². The molecule has 3 aromatic rings. The minimum Gasteiger partial charge on any atom is -0.495 e. The van der Waals surface area contributed by atoms with Crippen molar-refractivity contribution in [1.82, 2.24) is 5.32 Å². The Bertz CT molecular complexity index is 885. The number of methoxy groups -OCH3 is 1. The molecule has 1 N–H and O–H groups in total. The Hall–Kier alpha value is -2.03. The minimum absolute atomic E-state index is 0.291. The van der Waals surface area contributed by atoms with Crippen LogP contribution in [0.3, 0.4) is 0 Å². The Morgan fingerprint density at radius 3 is 2.75 bits per heavy atom. The van der Waals surface area contributed by atoms with Gasteiger partial charge in [0.2, 0.25) is 0 Å². The van der Waals surface area contributed by atoms with Gasteiger partial charge in [0, 0.05) is 12.5 Å². The van der Waals surface area contributed by atoms with Crippen LogP contribution in [0.4, 0.5) is 0 Å². The lowest BCUT2D eigenvalue weighted by atomic mass is 9.85. The highest BCUT2D eigenvalue weighted by atomic mass is 35.5. The lowest BCUT2D eigenvalue weighted by Gasteiger charge is -2.21. The maximum Gasteiger partial charge on any atom is 0.137 e. The summed E-state index contributed by atoms with van der Waals surface area (Å²) in [4.78, 5) is 0. The van der Waals surface area contributed by atoms with Gasteiger partial charge in [-0.1, -0.05) is 54.1 Å². The summed E-state index contributed by atoms with van der Waals surface area (Å²) in [5.41, 5.74) is 3.98. The van der Waals surface area contributed by atoms with Crippen molar-refractivity contribution < 1.29 is 4.74 Å². The van der Waals surface area contributed by atoms with Crippen molar-refractivity contribution in [2.75, 3.05) is 20.2 Å². The first kappa shape index (κ1) is 15.5. The molecule has 1 aliphatic rings. The molecule has 0 bridgehead atoms. The van der Waals surface area contributed by atoms with Gasteiger partial charge in [-0.2, -0.15) is 0 Å². The lowest BCUT2D eigenvalue weighted by Crippen LogP contribution is -2.21. The number of fused-ring (bicyclic) bond motifs is 2. The molecule has 24 heavy (non-hydrogen) atoms. The summed E-state index contributed by atoms with van der Waals surface area (Å²) in [5, 5.41) is 6.86. The van der Waals surface area contributed by atoms with Gasteiger partial charge >= 0.3 is 0 Å². The van der Waals surface area contributed by atoms with E-state index in [9.17, 15) is 0 Å². The quantitative estimate of drug-likeness (QED) is 0.726. The molecule has 0 saturated heterocycles. The Morgan fingerprint density at radius 2 is 1.88 bits per heavy atom. The first-order chi connectivity index (χ1) is 11.8. The molecule has 3 heteroatoms. The number of rotatable bonds is 2. The first-order valence-electron chi connectivity index (χ1n) is 8.32. The maximum atomic E-state index is 6.36. The largest absolute Gasteiger partial charge is 0.495 e. The number of ether oxygens (including phenoxy) is 1. The Balaban J connectivity index is 1.92. The second kappa shape index (κ2) is 6.46. The third kappa shape index (κ3) is 2.66. The summed E-state index contributed by atoms with van der Waals surface area (Å²) in [6.07, 6.45) is 0.986. The molecule has 122 valence electrons. The number of benzene rings is 3. The Labute approximate surface area is 147 Å². The average molecular weight is 338 g/mol. The molecule has 1 heterocycles. The fourth-order valence-electron chi connectivity index (χ4n) is 3.72. The van der Waals surface area contributed by atoms with Crippen LogP contribution in [0.25, 0.3) is 10.8 Å². The van der Waals surface area contributed by atoms with Gasteiger partial charge in [0.05, 0.1) is 12.1 Å². The topological polar surface area (TPSA) is 21.3 Å². The average Bonchev–Trinajstić information content (AvgIpc) is 2.82. The molecule has 3 aromatic carbocycles. The smallest absolute Gasteiger partial charge is 0.137 e. The van der Waals surface area contributed by atoms with Crippen LogP contribution < -0.4 is 10.1 Å². The standard InChI is InChI=1S/C21H20ClNO/c1-24-21-12-18-15(11-20(21)22)9-10-23-13-19(18)17-8-4-6-14-5-2-3-7-16(14)17/h2-8,11-12,19,23H,9-10,13H2,1H3. The highest BCUT2D eigenvalue weighted by Gasteiger charge is 2.23. The number of nitrogens with one attached hydrogen (secondary N) is 1. The van der Waals surface area contributed by atoms with Crippen molar-refractivity contribution in [3.63, 3.8) is 0 Å². The van der Waals surface area contributed by atoms with Crippen LogP contribution in [0, 0.1) is 0 Å². The molecule has 1 atom stereocenters. The molecule has 0 aromatic heterocycles. The van der Waals surface area contributed by atoms with Gasteiger partial charge in [-0.15, -0.1) is 0 Å². The van der Waals surface area contributed by atoms with Crippen LogP contribution in [0.15, 0.2) is 54.6 Å². The zero-order valence-electron chi connectivity index (χ0n) is 13.7. The summed E-state index contributed by atoms with van der Waals surface area (Å²) < 4.78 is 5.47. The number of hydrogen-bond acceptors (Lipinski definition) is 2. The Morgan fingerprint density at radius 1 is 1.04 bits per heavy atom. The summed E-state index contributed by atoms with van der Waals surface area (Å²) in [6, 6.07) is 19.3. The highest BCUT2D eigenvalue weighted by Crippen LogP contribution is 2.38. The van der Waals surface area contributed by atoms with E-state index in [0.717, 1.165) is 25.3 Å². The molecule has 0 saturated carbocycles. The number of hydrogen-bond donors (Lipinski definition) is 1. The molecule has 4 rings (SSSR count). The fourth-order valence-corrected chi connectivity index (χ4v) is 3.98. The van der Waals surface area contributed by atoms with Crippen LogP contribution >= 0.6 is 11.6 Å². The van der Waals surface area contributed by atoms with Crippen molar-refractivity contribution >= 4 is 22.4 Å². The monoisotopic (exact) mass is 337 g/mol. The fraction of sp³-hybridized carbons (Fsp3) is 0.238.